The molecule has 0 heteroatoms. The van der Waals surface area contributed by atoms with Crippen molar-refractivity contribution in [1.29, 1.82) is 0 Å². The van der Waals surface area contributed by atoms with E-state index in [1.54, 1.807) is 0 Å². The van der Waals surface area contributed by atoms with Crippen LogP contribution in [0.15, 0.2) is 0 Å². The molecule has 0 saturated carbocycles. The van der Waals surface area contributed by atoms with E-state index in [-0.39, 0.29) is 0 Å². The van der Waals surface area contributed by atoms with E-state index >= 15 is 0 Å². The standard InChI is InChI=1S/2C10H22.C9H20/c1-6-10(7-2,8-3)9(4)5;1-5-9-10(6-2,7-3)8-4;1-5-9(6-2,7-3)8-4/h9H,6-8H2,1-5H3;5-9H2,1-4H3;5-8H2,1-4H3. The summed E-state index contributed by atoms with van der Waals surface area (Å²) in [7, 11) is 0. The molecule has 0 spiro atoms. The topological polar surface area (TPSA) is 0 Å². The van der Waals surface area contributed by atoms with Crippen molar-refractivity contribution >= 4 is 0 Å². The Hall–Kier alpha value is 0. The van der Waals surface area contributed by atoms with Gasteiger partial charge in [0.05, 0.1) is 0 Å². The van der Waals surface area contributed by atoms with Crippen LogP contribution in [0.1, 0.15) is 167 Å². The lowest BCUT2D eigenvalue weighted by atomic mass is 9.71. The van der Waals surface area contributed by atoms with Gasteiger partial charge in [-0.25, -0.2) is 0 Å². The van der Waals surface area contributed by atoms with E-state index in [1.807, 2.05) is 0 Å². The number of hydrogen-bond donors (Lipinski definition) is 0. The molecule has 0 rings (SSSR count). The summed E-state index contributed by atoms with van der Waals surface area (Å²) in [5.74, 6) is 0.840. The predicted octanol–water partition coefficient (Wildman–Crippen LogP) is 11.5. The molecular formula is C29H64. The van der Waals surface area contributed by atoms with Crippen LogP contribution in [-0.2, 0) is 0 Å². The van der Waals surface area contributed by atoms with E-state index in [0.717, 1.165) is 5.92 Å². The Labute approximate surface area is 189 Å². The number of rotatable bonds is 13. The van der Waals surface area contributed by atoms with Gasteiger partial charge >= 0.3 is 0 Å². The van der Waals surface area contributed by atoms with Gasteiger partial charge in [-0.2, -0.15) is 0 Å². The first kappa shape index (κ1) is 33.6. The monoisotopic (exact) mass is 413 g/mol. The van der Waals surface area contributed by atoms with Crippen LogP contribution >= 0.6 is 0 Å². The SMILES string of the molecule is CCC(CC)(CC)C(C)C.CCC(CC)(CC)CC.CCCC(CC)(CC)CC. The lowest BCUT2D eigenvalue weighted by Gasteiger charge is -2.34. The van der Waals surface area contributed by atoms with Gasteiger partial charge < -0.3 is 0 Å². The van der Waals surface area contributed by atoms with E-state index in [4.69, 9.17) is 0 Å². The lowest BCUT2D eigenvalue weighted by molar-refractivity contribution is 0.162. The Morgan fingerprint density at radius 3 is 0.724 bits per heavy atom. The summed E-state index contributed by atoms with van der Waals surface area (Å²) >= 11 is 0. The Balaban J connectivity index is -0.000000350. The maximum Gasteiger partial charge on any atom is -0.0282 e. The normalized spacial score (nSPS) is 12.2. The molecule has 0 saturated heterocycles. The van der Waals surface area contributed by atoms with E-state index in [9.17, 15) is 0 Å². The van der Waals surface area contributed by atoms with Crippen molar-refractivity contribution in [3.05, 3.63) is 0 Å². The average Bonchev–Trinajstić information content (AvgIpc) is 2.76. The van der Waals surface area contributed by atoms with Crippen LogP contribution in [0.5, 0.6) is 0 Å². The van der Waals surface area contributed by atoms with Crippen LogP contribution < -0.4 is 0 Å². The van der Waals surface area contributed by atoms with Gasteiger partial charge in [-0.1, -0.05) is 161 Å². The lowest BCUT2D eigenvalue weighted by Crippen LogP contribution is -2.24. The van der Waals surface area contributed by atoms with E-state index < -0.39 is 0 Å². The van der Waals surface area contributed by atoms with Gasteiger partial charge in [0, 0.05) is 0 Å². The largest absolute Gasteiger partial charge is 0.0654 e. The molecule has 0 aliphatic carbocycles. The predicted molar refractivity (Wildman–Crippen MR) is 140 cm³/mol. The van der Waals surface area contributed by atoms with Crippen LogP contribution in [0.25, 0.3) is 0 Å². The zero-order valence-corrected chi connectivity index (χ0v) is 23.6. The van der Waals surface area contributed by atoms with Gasteiger partial charge in [0.2, 0.25) is 0 Å². The highest BCUT2D eigenvalue weighted by atomic mass is 14.3. The molecule has 0 aromatic carbocycles. The minimum Gasteiger partial charge on any atom is -0.0654 e. The fraction of sp³-hybridized carbons (Fsp3) is 1.00. The fourth-order valence-electron chi connectivity index (χ4n) is 5.29. The smallest absolute Gasteiger partial charge is 0.0282 e. The molecule has 180 valence electrons. The van der Waals surface area contributed by atoms with Gasteiger partial charge in [0.25, 0.3) is 0 Å². The van der Waals surface area contributed by atoms with Crippen LogP contribution in [-0.4, -0.2) is 0 Å². The van der Waals surface area contributed by atoms with Crippen LogP contribution in [0.4, 0.5) is 0 Å². The summed E-state index contributed by atoms with van der Waals surface area (Å²) in [6, 6.07) is 0. The van der Waals surface area contributed by atoms with Gasteiger partial charge in [0.15, 0.2) is 0 Å². The summed E-state index contributed by atoms with van der Waals surface area (Å²) in [5.41, 5.74) is 1.97. The van der Waals surface area contributed by atoms with Crippen LogP contribution in [0.2, 0.25) is 0 Å². The molecule has 0 unspecified atom stereocenters. The second kappa shape index (κ2) is 18.7. The molecule has 0 radical (unpaired) electrons. The van der Waals surface area contributed by atoms with Crippen molar-refractivity contribution in [1.82, 2.24) is 0 Å². The summed E-state index contributed by atoms with van der Waals surface area (Å²) < 4.78 is 0. The van der Waals surface area contributed by atoms with Gasteiger partial charge in [-0.15, -0.1) is 0 Å². The second-order valence-electron chi connectivity index (χ2n) is 9.80. The number of hydrogen-bond acceptors (Lipinski definition) is 0. The maximum absolute atomic E-state index is 2.34. The third-order valence-electron chi connectivity index (χ3n) is 9.37. The van der Waals surface area contributed by atoms with Gasteiger partial charge in [-0.05, 0) is 28.6 Å². The van der Waals surface area contributed by atoms with Crippen LogP contribution in [0.3, 0.4) is 0 Å². The zero-order valence-electron chi connectivity index (χ0n) is 23.6. The Bertz CT molecular complexity index is 279. The van der Waals surface area contributed by atoms with Gasteiger partial charge in [-0.3, -0.25) is 0 Å². The summed E-state index contributed by atoms with van der Waals surface area (Å²) in [6.07, 6.45) is 16.2. The zero-order chi connectivity index (χ0) is 23.6. The molecule has 0 atom stereocenters. The van der Waals surface area contributed by atoms with Crippen LogP contribution in [0, 0.1) is 22.2 Å². The Morgan fingerprint density at radius 2 is 0.690 bits per heavy atom. The minimum atomic E-state index is 0.625. The van der Waals surface area contributed by atoms with E-state index in [0.29, 0.717) is 16.2 Å². The molecule has 0 fully saturated rings. The molecular weight excluding hydrogens is 348 g/mol. The molecule has 0 bridgehead atoms. The molecule has 0 nitrogen and oxygen atoms in total. The van der Waals surface area contributed by atoms with Gasteiger partial charge in [0.1, 0.15) is 0 Å². The Morgan fingerprint density at radius 1 is 0.414 bits per heavy atom. The molecule has 0 heterocycles. The highest BCUT2D eigenvalue weighted by Gasteiger charge is 2.27. The van der Waals surface area contributed by atoms with Crippen molar-refractivity contribution in [2.24, 2.45) is 22.2 Å². The molecule has 0 aromatic rings. The highest BCUT2D eigenvalue weighted by molar-refractivity contribution is 4.78. The first-order chi connectivity index (χ1) is 13.6. The maximum atomic E-state index is 2.34. The first-order valence-corrected chi connectivity index (χ1v) is 13.6. The van der Waals surface area contributed by atoms with Crippen molar-refractivity contribution in [2.45, 2.75) is 167 Å². The molecule has 0 aromatic heterocycles. The van der Waals surface area contributed by atoms with Crippen molar-refractivity contribution < 1.29 is 0 Å². The average molecular weight is 413 g/mol. The molecule has 0 aliphatic rings. The third kappa shape index (κ3) is 11.8. The molecule has 29 heavy (non-hydrogen) atoms. The minimum absolute atomic E-state index is 0.625. The summed E-state index contributed by atoms with van der Waals surface area (Å²) in [6.45, 7) is 30.1. The second-order valence-corrected chi connectivity index (χ2v) is 9.80. The molecule has 0 aliphatic heterocycles. The Kier molecular flexibility index (Phi) is 21.7. The van der Waals surface area contributed by atoms with E-state index in [2.05, 4.69) is 90.0 Å². The molecule has 0 N–H and O–H groups in total. The van der Waals surface area contributed by atoms with Crippen molar-refractivity contribution in [2.75, 3.05) is 0 Å². The first-order valence-electron chi connectivity index (χ1n) is 13.6. The third-order valence-corrected chi connectivity index (χ3v) is 9.37. The fourth-order valence-corrected chi connectivity index (χ4v) is 5.29. The van der Waals surface area contributed by atoms with Crippen molar-refractivity contribution in [3.8, 4) is 0 Å². The molecule has 0 amide bonds. The quantitative estimate of drug-likeness (QED) is 0.282. The summed E-state index contributed by atoms with van der Waals surface area (Å²) in [5, 5.41) is 0. The summed E-state index contributed by atoms with van der Waals surface area (Å²) in [4.78, 5) is 0. The highest BCUT2D eigenvalue weighted by Crippen LogP contribution is 2.38. The van der Waals surface area contributed by atoms with Crippen molar-refractivity contribution in [3.63, 3.8) is 0 Å². The van der Waals surface area contributed by atoms with E-state index in [1.165, 1.54) is 77.0 Å².